The van der Waals surface area contributed by atoms with Crippen LogP contribution in [0.5, 0.6) is 0 Å². The number of nitrogens with one attached hydrogen (secondary N) is 1. The first-order chi connectivity index (χ1) is 9.17. The van der Waals surface area contributed by atoms with Crippen molar-refractivity contribution in [3.8, 4) is 0 Å². The standard InChI is InChI=1S/C17H36N2/c1-5-7-9-16(6-2)14-19-11-8-10-17(19)13-18-12-15(3)4/h15-18H,5-14H2,1-4H3. The molecule has 1 fully saturated rings. The maximum Gasteiger partial charge on any atom is 0.0221 e. The van der Waals surface area contributed by atoms with Gasteiger partial charge >= 0.3 is 0 Å². The normalized spacial score (nSPS) is 22.3. The third-order valence-corrected chi connectivity index (χ3v) is 4.47. The summed E-state index contributed by atoms with van der Waals surface area (Å²) in [4.78, 5) is 2.76. The summed E-state index contributed by atoms with van der Waals surface area (Å²) in [6, 6.07) is 0.800. The van der Waals surface area contributed by atoms with Crippen molar-refractivity contribution in [1.29, 1.82) is 0 Å². The SMILES string of the molecule is CCCCC(CC)CN1CCCC1CNCC(C)C. The van der Waals surface area contributed by atoms with Gasteiger partial charge in [0.1, 0.15) is 0 Å². The largest absolute Gasteiger partial charge is 0.315 e. The molecule has 0 aromatic heterocycles. The molecule has 0 radical (unpaired) electrons. The van der Waals surface area contributed by atoms with E-state index in [-0.39, 0.29) is 0 Å². The zero-order chi connectivity index (χ0) is 14.1. The fourth-order valence-corrected chi connectivity index (χ4v) is 3.15. The predicted molar refractivity (Wildman–Crippen MR) is 85.6 cm³/mol. The molecule has 0 aromatic carbocycles. The smallest absolute Gasteiger partial charge is 0.0221 e. The second-order valence-corrected chi connectivity index (χ2v) is 6.76. The molecule has 2 heteroatoms. The van der Waals surface area contributed by atoms with Gasteiger partial charge in [-0.25, -0.2) is 0 Å². The lowest BCUT2D eigenvalue weighted by Crippen LogP contribution is -2.41. The molecule has 1 saturated heterocycles. The van der Waals surface area contributed by atoms with E-state index in [4.69, 9.17) is 0 Å². The minimum absolute atomic E-state index is 0.766. The van der Waals surface area contributed by atoms with Gasteiger partial charge in [-0.3, -0.25) is 4.90 Å². The third-order valence-electron chi connectivity index (χ3n) is 4.47. The lowest BCUT2D eigenvalue weighted by Gasteiger charge is -2.29. The van der Waals surface area contributed by atoms with Crippen LogP contribution in [0, 0.1) is 11.8 Å². The van der Waals surface area contributed by atoms with E-state index >= 15 is 0 Å². The average Bonchev–Trinajstić information content (AvgIpc) is 2.81. The maximum atomic E-state index is 3.65. The van der Waals surface area contributed by atoms with Crippen LogP contribution < -0.4 is 5.32 Å². The van der Waals surface area contributed by atoms with Crippen molar-refractivity contribution in [2.45, 2.75) is 72.3 Å². The molecule has 1 aliphatic heterocycles. The van der Waals surface area contributed by atoms with Gasteiger partial charge in [0.25, 0.3) is 0 Å². The molecule has 1 N–H and O–H groups in total. The van der Waals surface area contributed by atoms with E-state index in [1.807, 2.05) is 0 Å². The Morgan fingerprint density at radius 2 is 2.05 bits per heavy atom. The van der Waals surface area contributed by atoms with E-state index in [0.29, 0.717) is 0 Å². The molecule has 0 aromatic rings. The Labute approximate surface area is 121 Å². The summed E-state index contributed by atoms with van der Waals surface area (Å²) in [6.45, 7) is 14.3. The van der Waals surface area contributed by atoms with Crippen LogP contribution in [0.4, 0.5) is 0 Å². The molecule has 0 amide bonds. The van der Waals surface area contributed by atoms with Gasteiger partial charge in [-0.15, -0.1) is 0 Å². The Morgan fingerprint density at radius 3 is 2.68 bits per heavy atom. The topological polar surface area (TPSA) is 15.3 Å². The van der Waals surface area contributed by atoms with E-state index in [1.54, 1.807) is 0 Å². The molecule has 2 nitrogen and oxygen atoms in total. The third kappa shape index (κ3) is 6.76. The van der Waals surface area contributed by atoms with Crippen LogP contribution in [0.3, 0.4) is 0 Å². The van der Waals surface area contributed by atoms with Crippen LogP contribution in [0.15, 0.2) is 0 Å². The van der Waals surface area contributed by atoms with E-state index in [9.17, 15) is 0 Å². The molecule has 19 heavy (non-hydrogen) atoms. The molecule has 0 bridgehead atoms. The minimum atomic E-state index is 0.766. The van der Waals surface area contributed by atoms with Crippen molar-refractivity contribution < 1.29 is 0 Å². The summed E-state index contributed by atoms with van der Waals surface area (Å²) >= 11 is 0. The van der Waals surface area contributed by atoms with Crippen molar-refractivity contribution in [1.82, 2.24) is 10.2 Å². The van der Waals surface area contributed by atoms with Crippen molar-refractivity contribution in [2.24, 2.45) is 11.8 Å². The Kier molecular flexibility index (Phi) is 8.72. The first kappa shape index (κ1) is 17.0. The van der Waals surface area contributed by atoms with Crippen LogP contribution >= 0.6 is 0 Å². The van der Waals surface area contributed by atoms with Gasteiger partial charge in [0.15, 0.2) is 0 Å². The van der Waals surface area contributed by atoms with Gasteiger partial charge in [0.05, 0.1) is 0 Å². The lowest BCUT2D eigenvalue weighted by atomic mass is 9.98. The van der Waals surface area contributed by atoms with Crippen molar-refractivity contribution in [2.75, 3.05) is 26.2 Å². The summed E-state index contributed by atoms with van der Waals surface area (Å²) < 4.78 is 0. The molecular formula is C17H36N2. The zero-order valence-corrected chi connectivity index (χ0v) is 13.8. The Balaban J connectivity index is 2.29. The average molecular weight is 268 g/mol. The van der Waals surface area contributed by atoms with Gasteiger partial charge < -0.3 is 5.32 Å². The molecule has 0 saturated carbocycles. The van der Waals surface area contributed by atoms with E-state index in [1.165, 1.54) is 58.2 Å². The van der Waals surface area contributed by atoms with Crippen molar-refractivity contribution in [3.63, 3.8) is 0 Å². The summed E-state index contributed by atoms with van der Waals surface area (Å²) in [5, 5.41) is 3.65. The predicted octanol–water partition coefficient (Wildman–Crippen LogP) is 3.91. The molecule has 1 heterocycles. The van der Waals surface area contributed by atoms with Crippen molar-refractivity contribution in [3.05, 3.63) is 0 Å². The summed E-state index contributed by atoms with van der Waals surface area (Å²) in [5.41, 5.74) is 0. The first-order valence-electron chi connectivity index (χ1n) is 8.62. The van der Waals surface area contributed by atoms with Crippen molar-refractivity contribution >= 4 is 0 Å². The highest BCUT2D eigenvalue weighted by Gasteiger charge is 2.25. The highest BCUT2D eigenvalue weighted by molar-refractivity contribution is 4.82. The number of hydrogen-bond acceptors (Lipinski definition) is 2. The zero-order valence-electron chi connectivity index (χ0n) is 13.8. The fraction of sp³-hybridized carbons (Fsp3) is 1.00. The quantitative estimate of drug-likeness (QED) is 0.646. The van der Waals surface area contributed by atoms with E-state index < -0.39 is 0 Å². The molecule has 2 atom stereocenters. The molecular weight excluding hydrogens is 232 g/mol. The summed E-state index contributed by atoms with van der Waals surface area (Å²) in [5.74, 6) is 1.69. The monoisotopic (exact) mass is 268 g/mol. The van der Waals surface area contributed by atoms with E-state index in [2.05, 4.69) is 37.9 Å². The summed E-state index contributed by atoms with van der Waals surface area (Å²) in [7, 11) is 0. The number of likely N-dealkylation sites (tertiary alicyclic amines) is 1. The number of unbranched alkanes of at least 4 members (excludes halogenated alkanes) is 1. The molecule has 1 rings (SSSR count). The van der Waals surface area contributed by atoms with Gasteiger partial charge in [0.2, 0.25) is 0 Å². The van der Waals surface area contributed by atoms with E-state index in [0.717, 1.165) is 24.4 Å². The van der Waals surface area contributed by atoms with Crippen LogP contribution in [0.25, 0.3) is 0 Å². The lowest BCUT2D eigenvalue weighted by molar-refractivity contribution is 0.199. The fourth-order valence-electron chi connectivity index (χ4n) is 3.15. The Bertz CT molecular complexity index is 215. The highest BCUT2D eigenvalue weighted by atomic mass is 15.2. The molecule has 2 unspecified atom stereocenters. The highest BCUT2D eigenvalue weighted by Crippen LogP contribution is 2.22. The first-order valence-corrected chi connectivity index (χ1v) is 8.62. The maximum absolute atomic E-state index is 3.65. The van der Waals surface area contributed by atoms with Gasteiger partial charge in [-0.05, 0) is 44.2 Å². The molecule has 0 aliphatic carbocycles. The number of nitrogens with zero attached hydrogens (tertiary/aromatic N) is 1. The van der Waals surface area contributed by atoms with Crippen LogP contribution in [0.1, 0.15) is 66.2 Å². The molecule has 1 aliphatic rings. The van der Waals surface area contributed by atoms with Gasteiger partial charge in [0, 0.05) is 19.1 Å². The van der Waals surface area contributed by atoms with Crippen LogP contribution in [0.2, 0.25) is 0 Å². The second kappa shape index (κ2) is 9.77. The number of rotatable bonds is 10. The molecule has 114 valence electrons. The minimum Gasteiger partial charge on any atom is -0.315 e. The number of hydrogen-bond donors (Lipinski definition) is 1. The van der Waals surface area contributed by atoms with Crippen LogP contribution in [-0.4, -0.2) is 37.1 Å². The van der Waals surface area contributed by atoms with Gasteiger partial charge in [-0.1, -0.05) is 47.0 Å². The molecule has 0 spiro atoms. The Morgan fingerprint density at radius 1 is 1.26 bits per heavy atom. The Hall–Kier alpha value is -0.0800. The van der Waals surface area contributed by atoms with Gasteiger partial charge in [-0.2, -0.15) is 0 Å². The second-order valence-electron chi connectivity index (χ2n) is 6.76. The van der Waals surface area contributed by atoms with Crippen LogP contribution in [-0.2, 0) is 0 Å². The summed E-state index contributed by atoms with van der Waals surface area (Å²) in [6.07, 6.45) is 8.32.